The average Bonchev–Trinajstić information content (AvgIpc) is 3.47. The fourth-order valence-corrected chi connectivity index (χ4v) is 8.54. The van der Waals surface area contributed by atoms with E-state index in [9.17, 15) is 0 Å². The van der Waals surface area contributed by atoms with E-state index in [1.54, 1.807) is 0 Å². The van der Waals surface area contributed by atoms with Gasteiger partial charge in [-0.1, -0.05) is 107 Å². The van der Waals surface area contributed by atoms with Gasteiger partial charge in [-0.05, 0) is 105 Å². The van der Waals surface area contributed by atoms with E-state index in [2.05, 4.69) is 188 Å². The van der Waals surface area contributed by atoms with E-state index in [-0.39, 0.29) is 6.71 Å². The highest BCUT2D eigenvalue weighted by molar-refractivity contribution is 7.00. The predicted molar refractivity (Wildman–Crippen MR) is 214 cm³/mol. The van der Waals surface area contributed by atoms with Crippen molar-refractivity contribution in [1.82, 2.24) is 4.57 Å². The molecular weight excluding hydrogens is 605 g/mol. The third-order valence-electron chi connectivity index (χ3n) is 10.8. The molecule has 1 aromatic heterocycles. The van der Waals surface area contributed by atoms with Gasteiger partial charge in [-0.15, -0.1) is 0 Å². The van der Waals surface area contributed by atoms with E-state index in [4.69, 9.17) is 0 Å². The molecule has 4 heteroatoms. The van der Waals surface area contributed by atoms with Gasteiger partial charge in [0.25, 0.3) is 6.71 Å². The van der Waals surface area contributed by atoms with Gasteiger partial charge in [0.1, 0.15) is 0 Å². The Bertz CT molecular complexity index is 2580. The summed E-state index contributed by atoms with van der Waals surface area (Å²) < 4.78 is 2.50. The Hall–Kier alpha value is -6.00. The zero-order chi connectivity index (χ0) is 33.7. The van der Waals surface area contributed by atoms with Crippen LogP contribution in [-0.2, 0) is 0 Å². The standard InChI is InChI=1S/C46H36BN3/c1-29-13-19-33(20-14-29)48-41-23-17-31(3)27-37(41)47-38-28-32(4)18-24-42(38)49(34-21-15-30(2)16-22-34)46-44(26-25-43(48)45(46)47)50-39-11-7-5-9-35(39)36-10-6-8-12-40(36)50/h5-28H,1-4H3. The molecule has 0 N–H and O–H groups in total. The van der Waals surface area contributed by atoms with Gasteiger partial charge in [0.15, 0.2) is 0 Å². The molecule has 3 nitrogen and oxygen atoms in total. The zero-order valence-electron chi connectivity index (χ0n) is 28.8. The number of hydrogen-bond donors (Lipinski definition) is 0. The quantitative estimate of drug-likeness (QED) is 0.178. The van der Waals surface area contributed by atoms with Gasteiger partial charge in [-0.3, -0.25) is 0 Å². The molecule has 3 heterocycles. The summed E-state index contributed by atoms with van der Waals surface area (Å²) in [7, 11) is 0. The Morgan fingerprint density at radius 2 is 0.840 bits per heavy atom. The molecule has 0 amide bonds. The van der Waals surface area contributed by atoms with Crippen LogP contribution in [0.4, 0.5) is 34.1 Å². The number of hydrogen-bond acceptors (Lipinski definition) is 2. The van der Waals surface area contributed by atoms with Gasteiger partial charge in [0, 0.05) is 39.2 Å². The van der Waals surface area contributed by atoms with Gasteiger partial charge in [-0.25, -0.2) is 0 Å². The Morgan fingerprint density at radius 3 is 1.40 bits per heavy atom. The van der Waals surface area contributed by atoms with Crippen LogP contribution in [0.2, 0.25) is 0 Å². The summed E-state index contributed by atoms with van der Waals surface area (Å²) in [6.07, 6.45) is 0. The molecule has 2 aliphatic heterocycles. The maximum absolute atomic E-state index is 2.54. The first kappa shape index (κ1) is 29.0. The van der Waals surface area contributed by atoms with Crippen molar-refractivity contribution in [1.29, 1.82) is 0 Å². The minimum atomic E-state index is 0.0567. The molecule has 0 bridgehead atoms. The second-order valence-corrected chi connectivity index (χ2v) is 14.1. The van der Waals surface area contributed by atoms with Crippen molar-refractivity contribution in [3.8, 4) is 5.69 Å². The molecule has 0 radical (unpaired) electrons. The molecule has 0 saturated carbocycles. The SMILES string of the molecule is Cc1ccc(N2c3ccc(C)cc3B3c4cc(C)ccc4N(c4ccc(C)cc4)c4c(-n5c6ccccc6c6ccccc65)ccc2c43)cc1. The number of para-hydroxylation sites is 2. The van der Waals surface area contributed by atoms with E-state index in [0.29, 0.717) is 0 Å². The van der Waals surface area contributed by atoms with Crippen LogP contribution in [-0.4, -0.2) is 11.3 Å². The third kappa shape index (κ3) is 4.12. The van der Waals surface area contributed by atoms with E-state index in [1.807, 2.05) is 0 Å². The molecule has 0 unspecified atom stereocenters. The second-order valence-electron chi connectivity index (χ2n) is 14.1. The van der Waals surface area contributed by atoms with Crippen LogP contribution in [0.3, 0.4) is 0 Å². The summed E-state index contributed by atoms with van der Waals surface area (Å²) in [4.78, 5) is 5.03. The smallest absolute Gasteiger partial charge is 0.252 e. The second kappa shape index (κ2) is 10.8. The van der Waals surface area contributed by atoms with Crippen molar-refractivity contribution in [3.05, 3.63) is 168 Å². The highest BCUT2D eigenvalue weighted by atomic mass is 15.2. The number of anilines is 6. The Balaban J connectivity index is 1.40. The van der Waals surface area contributed by atoms with E-state index in [1.165, 1.54) is 94.6 Å². The first-order valence-corrected chi connectivity index (χ1v) is 17.6. The first-order chi connectivity index (χ1) is 24.5. The number of aryl methyl sites for hydroxylation is 4. The minimum Gasteiger partial charge on any atom is -0.311 e. The maximum atomic E-state index is 2.54. The molecule has 10 rings (SSSR count). The number of nitrogens with zero attached hydrogens (tertiary/aromatic N) is 3. The number of rotatable bonds is 3. The van der Waals surface area contributed by atoms with Crippen LogP contribution in [0.15, 0.2) is 146 Å². The third-order valence-corrected chi connectivity index (χ3v) is 10.8. The molecule has 2 aliphatic rings. The Labute approximate surface area is 293 Å². The summed E-state index contributed by atoms with van der Waals surface area (Å²) in [5, 5.41) is 2.53. The van der Waals surface area contributed by atoms with Crippen LogP contribution in [0, 0.1) is 27.7 Å². The molecule has 50 heavy (non-hydrogen) atoms. The molecule has 7 aromatic carbocycles. The van der Waals surface area contributed by atoms with Crippen molar-refractivity contribution in [2.75, 3.05) is 9.80 Å². The molecule has 8 aromatic rings. The normalized spacial score (nSPS) is 13.1. The fraction of sp³-hybridized carbons (Fsp3) is 0.0870. The molecule has 238 valence electrons. The van der Waals surface area contributed by atoms with E-state index < -0.39 is 0 Å². The first-order valence-electron chi connectivity index (χ1n) is 17.6. The summed E-state index contributed by atoms with van der Waals surface area (Å²) in [6, 6.07) is 54.5. The van der Waals surface area contributed by atoms with E-state index in [0.717, 1.165) is 5.69 Å². The predicted octanol–water partition coefficient (Wildman–Crippen LogP) is 10.1. The van der Waals surface area contributed by atoms with Gasteiger partial charge < -0.3 is 14.4 Å². The van der Waals surface area contributed by atoms with Gasteiger partial charge in [-0.2, -0.15) is 0 Å². The van der Waals surface area contributed by atoms with Gasteiger partial charge >= 0.3 is 0 Å². The molecule has 0 fully saturated rings. The van der Waals surface area contributed by atoms with Crippen molar-refractivity contribution in [2.24, 2.45) is 0 Å². The van der Waals surface area contributed by atoms with Crippen LogP contribution in [0.5, 0.6) is 0 Å². The monoisotopic (exact) mass is 641 g/mol. The molecule has 0 saturated heterocycles. The van der Waals surface area contributed by atoms with Crippen molar-refractivity contribution in [2.45, 2.75) is 27.7 Å². The summed E-state index contributed by atoms with van der Waals surface area (Å²) in [5.41, 5.74) is 19.9. The lowest BCUT2D eigenvalue weighted by molar-refractivity contribution is 1.14. The van der Waals surface area contributed by atoms with Crippen molar-refractivity contribution >= 4 is 79.0 Å². The van der Waals surface area contributed by atoms with Crippen LogP contribution < -0.4 is 26.2 Å². The Kier molecular flexibility index (Phi) is 6.23. The van der Waals surface area contributed by atoms with Crippen LogP contribution in [0.1, 0.15) is 22.3 Å². The molecule has 0 atom stereocenters. The van der Waals surface area contributed by atoms with Gasteiger partial charge in [0.2, 0.25) is 0 Å². The average molecular weight is 642 g/mol. The number of fused-ring (bicyclic) bond motifs is 7. The number of benzene rings is 7. The highest BCUT2D eigenvalue weighted by Gasteiger charge is 2.44. The summed E-state index contributed by atoms with van der Waals surface area (Å²) in [5.74, 6) is 0. The molecule has 0 spiro atoms. The largest absolute Gasteiger partial charge is 0.311 e. The summed E-state index contributed by atoms with van der Waals surface area (Å²) in [6.45, 7) is 8.83. The Morgan fingerprint density at radius 1 is 0.400 bits per heavy atom. The van der Waals surface area contributed by atoms with E-state index >= 15 is 0 Å². The van der Waals surface area contributed by atoms with Crippen LogP contribution in [0.25, 0.3) is 27.5 Å². The van der Waals surface area contributed by atoms with Crippen LogP contribution >= 0.6 is 0 Å². The zero-order valence-corrected chi connectivity index (χ0v) is 28.8. The lowest BCUT2D eigenvalue weighted by Gasteiger charge is -2.45. The van der Waals surface area contributed by atoms with Crippen molar-refractivity contribution < 1.29 is 0 Å². The number of aromatic nitrogens is 1. The van der Waals surface area contributed by atoms with Crippen molar-refractivity contribution in [3.63, 3.8) is 0 Å². The molecule has 0 aliphatic carbocycles. The summed E-state index contributed by atoms with van der Waals surface area (Å²) >= 11 is 0. The van der Waals surface area contributed by atoms with Gasteiger partial charge in [0.05, 0.1) is 22.4 Å². The minimum absolute atomic E-state index is 0.0567. The highest BCUT2D eigenvalue weighted by Crippen LogP contribution is 2.47. The lowest BCUT2D eigenvalue weighted by Crippen LogP contribution is -2.61. The lowest BCUT2D eigenvalue weighted by atomic mass is 9.33. The maximum Gasteiger partial charge on any atom is 0.252 e. The molecular formula is C46H36BN3. The fourth-order valence-electron chi connectivity index (χ4n) is 8.54. The topological polar surface area (TPSA) is 11.4 Å².